The molecule has 0 aromatic heterocycles. The molecule has 4 aromatic carbocycles. The van der Waals surface area contributed by atoms with E-state index in [0.717, 1.165) is 17.7 Å². The molecule has 1 N–H and O–H groups in total. The summed E-state index contributed by atoms with van der Waals surface area (Å²) in [5.41, 5.74) is 0.548. The average molecular weight is 607 g/mol. The van der Waals surface area contributed by atoms with Crippen molar-refractivity contribution < 1.29 is 33.4 Å². The number of carboxylic acids is 1. The van der Waals surface area contributed by atoms with Gasteiger partial charge in [0.2, 0.25) is 0 Å². The number of carboxylic acid groups (broad SMARTS) is 1. The second-order valence-electron chi connectivity index (χ2n) is 11.2. The third-order valence-electron chi connectivity index (χ3n) is 8.58. The van der Waals surface area contributed by atoms with Crippen molar-refractivity contribution >= 4 is 17.7 Å². The Balaban J connectivity index is 1.84. The zero-order valence-corrected chi connectivity index (χ0v) is 25.2. The maximum absolute atomic E-state index is 14.7. The third kappa shape index (κ3) is 5.40. The Labute approximate surface area is 260 Å². The van der Waals surface area contributed by atoms with Crippen molar-refractivity contribution in [1.82, 2.24) is 4.90 Å². The van der Waals surface area contributed by atoms with Crippen LogP contribution in [0.5, 0.6) is 11.5 Å². The number of nitrogens with zero attached hydrogens (tertiary/aromatic N) is 2. The van der Waals surface area contributed by atoms with E-state index in [9.17, 15) is 29.1 Å². The number of hydrogen-bond acceptors (Lipinski definition) is 6. The summed E-state index contributed by atoms with van der Waals surface area (Å²) in [7, 11) is 2.93. The lowest BCUT2D eigenvalue weighted by atomic mass is 9.71. The number of aliphatic carboxylic acids is 1. The molecule has 9 heteroatoms. The standard InChI is InChI=1S/C36H31FN2O6/c1-21-6-5-7-26(18-21)32-30(33(40)23-10-8-22(20-38)9-11-23)31(25-14-17-28(44-3)29(19-25)45-4)36(2,35(42)43)39(32)34(41)24-12-15-27(37)16-13-24/h5-19,30-32H,1-4H3,(H,42,43). The van der Waals surface area contributed by atoms with Crippen molar-refractivity contribution in [1.29, 1.82) is 5.26 Å². The molecular weight excluding hydrogens is 575 g/mol. The molecule has 4 atom stereocenters. The van der Waals surface area contributed by atoms with Crippen molar-refractivity contribution in [2.24, 2.45) is 5.92 Å². The average Bonchev–Trinajstić information content (AvgIpc) is 3.34. The van der Waals surface area contributed by atoms with Crippen LogP contribution >= 0.6 is 0 Å². The summed E-state index contributed by atoms with van der Waals surface area (Å²) in [6, 6.07) is 24.1. The lowest BCUT2D eigenvalue weighted by Gasteiger charge is -2.38. The molecule has 4 unspecified atom stereocenters. The van der Waals surface area contributed by atoms with Gasteiger partial charge in [0.1, 0.15) is 11.4 Å². The topological polar surface area (TPSA) is 117 Å². The van der Waals surface area contributed by atoms with Gasteiger partial charge in [-0.1, -0.05) is 48.0 Å². The van der Waals surface area contributed by atoms with Gasteiger partial charge in [-0.3, -0.25) is 9.59 Å². The van der Waals surface area contributed by atoms with Crippen LogP contribution in [0.15, 0.2) is 91.0 Å². The molecule has 0 radical (unpaired) electrons. The van der Waals surface area contributed by atoms with Crippen LogP contribution in [0, 0.1) is 30.0 Å². The second kappa shape index (κ2) is 12.2. The quantitative estimate of drug-likeness (QED) is 0.233. The van der Waals surface area contributed by atoms with E-state index in [1.807, 2.05) is 25.1 Å². The fraction of sp³-hybridized carbons (Fsp3) is 0.222. The summed E-state index contributed by atoms with van der Waals surface area (Å²) < 4.78 is 24.9. The zero-order valence-electron chi connectivity index (χ0n) is 25.2. The number of amides is 1. The van der Waals surface area contributed by atoms with Gasteiger partial charge in [-0.15, -0.1) is 0 Å². The summed E-state index contributed by atoms with van der Waals surface area (Å²) in [4.78, 5) is 44.0. The van der Waals surface area contributed by atoms with E-state index in [-0.39, 0.29) is 11.1 Å². The summed E-state index contributed by atoms with van der Waals surface area (Å²) in [5, 5.41) is 20.4. The number of carbonyl (C=O) groups is 3. The lowest BCUT2D eigenvalue weighted by Crippen LogP contribution is -2.54. The Morgan fingerprint density at radius 2 is 1.51 bits per heavy atom. The monoisotopic (exact) mass is 606 g/mol. The molecule has 0 aliphatic carbocycles. The first-order valence-corrected chi connectivity index (χ1v) is 14.2. The number of ketones is 1. The fourth-order valence-electron chi connectivity index (χ4n) is 6.42. The van der Waals surface area contributed by atoms with Gasteiger partial charge in [0.25, 0.3) is 5.91 Å². The summed E-state index contributed by atoms with van der Waals surface area (Å²) >= 11 is 0. The van der Waals surface area contributed by atoms with Gasteiger partial charge in [-0.2, -0.15) is 5.26 Å². The van der Waals surface area contributed by atoms with E-state index in [4.69, 9.17) is 9.47 Å². The highest BCUT2D eigenvalue weighted by Crippen LogP contribution is 2.57. The van der Waals surface area contributed by atoms with Gasteiger partial charge < -0.3 is 19.5 Å². The van der Waals surface area contributed by atoms with E-state index >= 15 is 0 Å². The van der Waals surface area contributed by atoms with Crippen LogP contribution in [0.3, 0.4) is 0 Å². The molecule has 1 aliphatic rings. The van der Waals surface area contributed by atoms with E-state index in [1.54, 1.807) is 30.3 Å². The summed E-state index contributed by atoms with van der Waals surface area (Å²) in [5.74, 6) is -4.44. The van der Waals surface area contributed by atoms with E-state index in [0.29, 0.717) is 28.2 Å². The number of methoxy groups -OCH3 is 2. The third-order valence-corrected chi connectivity index (χ3v) is 8.58. The lowest BCUT2D eigenvalue weighted by molar-refractivity contribution is -0.148. The van der Waals surface area contributed by atoms with Crippen LogP contribution in [0.1, 0.15) is 61.9 Å². The minimum Gasteiger partial charge on any atom is -0.493 e. The maximum atomic E-state index is 14.7. The van der Waals surface area contributed by atoms with E-state index < -0.39 is 46.9 Å². The molecule has 0 saturated carbocycles. The molecule has 1 heterocycles. The minimum atomic E-state index is -1.98. The molecule has 45 heavy (non-hydrogen) atoms. The molecule has 8 nitrogen and oxygen atoms in total. The number of ether oxygens (including phenoxy) is 2. The van der Waals surface area contributed by atoms with Crippen molar-refractivity contribution in [3.8, 4) is 17.6 Å². The number of benzene rings is 4. The Hall–Kier alpha value is -5.49. The first-order valence-electron chi connectivity index (χ1n) is 14.2. The van der Waals surface area contributed by atoms with Crippen LogP contribution in [0.2, 0.25) is 0 Å². The molecule has 1 aliphatic heterocycles. The first kappa shape index (κ1) is 31.0. The number of nitriles is 1. The number of carbonyl (C=O) groups excluding carboxylic acids is 2. The normalized spacial score (nSPS) is 20.7. The molecular formula is C36H31FN2O6. The van der Waals surface area contributed by atoms with Crippen LogP contribution < -0.4 is 9.47 Å². The van der Waals surface area contributed by atoms with Crippen LogP contribution in [0.25, 0.3) is 0 Å². The van der Waals surface area contributed by atoms with Gasteiger partial charge in [-0.25, -0.2) is 9.18 Å². The fourth-order valence-corrected chi connectivity index (χ4v) is 6.42. The van der Waals surface area contributed by atoms with Gasteiger partial charge in [-0.05, 0) is 73.5 Å². The molecule has 0 bridgehead atoms. The SMILES string of the molecule is COc1ccc(C2C(C(=O)c3ccc(C#N)cc3)C(c3cccc(C)c3)N(C(=O)c3ccc(F)cc3)C2(C)C(=O)O)cc1OC. The summed E-state index contributed by atoms with van der Waals surface area (Å²) in [6.45, 7) is 3.30. The first-order chi connectivity index (χ1) is 21.5. The van der Waals surface area contributed by atoms with Crippen molar-refractivity contribution in [2.75, 3.05) is 14.2 Å². The second-order valence-corrected chi connectivity index (χ2v) is 11.2. The molecule has 1 amide bonds. The highest BCUT2D eigenvalue weighted by atomic mass is 19.1. The molecule has 1 saturated heterocycles. The van der Waals surface area contributed by atoms with Crippen molar-refractivity contribution in [3.05, 3.63) is 130 Å². The van der Waals surface area contributed by atoms with E-state index in [1.165, 1.54) is 62.4 Å². The van der Waals surface area contributed by atoms with Gasteiger partial charge in [0.15, 0.2) is 17.3 Å². The zero-order chi connectivity index (χ0) is 32.5. The number of halogens is 1. The molecule has 1 fully saturated rings. The van der Waals surface area contributed by atoms with Crippen molar-refractivity contribution in [3.63, 3.8) is 0 Å². The Morgan fingerprint density at radius 1 is 0.867 bits per heavy atom. The number of Topliss-reactive ketones (excluding diaryl/α,β-unsaturated/α-hetero) is 1. The number of aryl methyl sites for hydroxylation is 1. The molecule has 5 rings (SSSR count). The molecule has 228 valence electrons. The molecule has 0 spiro atoms. The highest BCUT2D eigenvalue weighted by Gasteiger charge is 2.65. The van der Waals surface area contributed by atoms with Crippen LogP contribution in [0.4, 0.5) is 4.39 Å². The largest absolute Gasteiger partial charge is 0.493 e. The highest BCUT2D eigenvalue weighted by molar-refractivity contribution is 6.04. The van der Waals surface area contributed by atoms with Gasteiger partial charge in [0.05, 0.1) is 37.8 Å². The van der Waals surface area contributed by atoms with Crippen LogP contribution in [-0.2, 0) is 4.79 Å². The minimum absolute atomic E-state index is 0.0686. The van der Waals surface area contributed by atoms with Crippen LogP contribution in [-0.4, -0.2) is 47.4 Å². The Kier molecular flexibility index (Phi) is 8.42. The number of rotatable bonds is 8. The smallest absolute Gasteiger partial charge is 0.330 e. The number of likely N-dealkylation sites (tertiary alicyclic amines) is 1. The van der Waals surface area contributed by atoms with E-state index in [2.05, 4.69) is 0 Å². The summed E-state index contributed by atoms with van der Waals surface area (Å²) in [6.07, 6.45) is 0. The van der Waals surface area contributed by atoms with Crippen molar-refractivity contribution in [2.45, 2.75) is 31.3 Å². The predicted octanol–water partition coefficient (Wildman–Crippen LogP) is 6.35. The number of hydrogen-bond donors (Lipinski definition) is 1. The Bertz CT molecular complexity index is 1810. The maximum Gasteiger partial charge on any atom is 0.330 e. The van der Waals surface area contributed by atoms with Gasteiger partial charge >= 0.3 is 5.97 Å². The van der Waals surface area contributed by atoms with Gasteiger partial charge in [0, 0.05) is 17.0 Å². The molecule has 4 aromatic rings. The predicted molar refractivity (Wildman–Crippen MR) is 164 cm³/mol. The Morgan fingerprint density at radius 3 is 2.09 bits per heavy atom.